The van der Waals surface area contributed by atoms with Crippen molar-refractivity contribution in [2.24, 2.45) is 5.92 Å². The standard InChI is InChI=1S/C21H25NO2.ClH/c1-17(24-21(23)19-11-6-3-7-12-19)20-13-8-14-22(16-20)15-18-9-4-2-5-10-18;/h2-7,9-12,17,20H,8,13-16H2,1H3;1H. The zero-order valence-electron chi connectivity index (χ0n) is 14.6. The van der Waals surface area contributed by atoms with Gasteiger partial charge in [-0.3, -0.25) is 4.90 Å². The number of halogens is 1. The predicted molar refractivity (Wildman–Crippen MR) is 103 cm³/mol. The number of hydrogen-bond donors (Lipinski definition) is 0. The Balaban J connectivity index is 0.00000225. The highest BCUT2D eigenvalue weighted by atomic mass is 35.5. The van der Waals surface area contributed by atoms with Gasteiger partial charge in [-0.2, -0.15) is 0 Å². The summed E-state index contributed by atoms with van der Waals surface area (Å²) < 4.78 is 5.71. The second-order valence-electron chi connectivity index (χ2n) is 6.60. The Morgan fingerprint density at radius 2 is 1.76 bits per heavy atom. The summed E-state index contributed by atoms with van der Waals surface area (Å²) >= 11 is 0. The summed E-state index contributed by atoms with van der Waals surface area (Å²) in [6.45, 7) is 5.09. The molecule has 2 unspecified atom stereocenters. The molecular formula is C21H26ClNO2. The number of piperidine rings is 1. The van der Waals surface area contributed by atoms with Gasteiger partial charge in [0.1, 0.15) is 6.10 Å². The topological polar surface area (TPSA) is 29.5 Å². The monoisotopic (exact) mass is 359 g/mol. The predicted octanol–water partition coefficient (Wildman–Crippen LogP) is 4.57. The molecule has 1 fully saturated rings. The van der Waals surface area contributed by atoms with Crippen LogP contribution in [0, 0.1) is 5.92 Å². The first kappa shape index (κ1) is 19.5. The number of nitrogens with zero attached hydrogens (tertiary/aromatic N) is 1. The van der Waals surface area contributed by atoms with Crippen molar-refractivity contribution in [1.29, 1.82) is 0 Å². The summed E-state index contributed by atoms with van der Waals surface area (Å²) in [5, 5.41) is 0. The molecule has 0 saturated carbocycles. The fourth-order valence-electron chi connectivity index (χ4n) is 3.37. The fourth-order valence-corrected chi connectivity index (χ4v) is 3.37. The maximum absolute atomic E-state index is 12.2. The summed E-state index contributed by atoms with van der Waals surface area (Å²) in [5.41, 5.74) is 1.97. The highest BCUT2D eigenvalue weighted by Crippen LogP contribution is 2.23. The molecule has 3 nitrogen and oxygen atoms in total. The van der Waals surface area contributed by atoms with Gasteiger partial charge in [-0.15, -0.1) is 12.4 Å². The van der Waals surface area contributed by atoms with Crippen LogP contribution in [0.2, 0.25) is 0 Å². The van der Waals surface area contributed by atoms with Gasteiger partial charge in [0.15, 0.2) is 0 Å². The SMILES string of the molecule is CC(OC(=O)c1ccccc1)C1CCCN(Cc2ccccc2)C1.Cl. The lowest BCUT2D eigenvalue weighted by molar-refractivity contribution is 0.00446. The van der Waals surface area contributed by atoms with E-state index >= 15 is 0 Å². The largest absolute Gasteiger partial charge is 0.459 e. The Labute approximate surface area is 156 Å². The molecule has 2 aromatic carbocycles. The van der Waals surface area contributed by atoms with Crippen LogP contribution in [0.4, 0.5) is 0 Å². The average Bonchev–Trinajstić information content (AvgIpc) is 2.63. The number of benzene rings is 2. The van der Waals surface area contributed by atoms with E-state index in [0.717, 1.165) is 32.5 Å². The zero-order chi connectivity index (χ0) is 16.8. The zero-order valence-corrected chi connectivity index (χ0v) is 15.5. The van der Waals surface area contributed by atoms with Crippen LogP contribution in [0.1, 0.15) is 35.7 Å². The lowest BCUT2D eigenvalue weighted by Crippen LogP contribution is -2.40. The maximum Gasteiger partial charge on any atom is 0.338 e. The lowest BCUT2D eigenvalue weighted by Gasteiger charge is -2.35. The molecule has 2 aromatic rings. The van der Waals surface area contributed by atoms with Crippen LogP contribution in [0.15, 0.2) is 60.7 Å². The third-order valence-electron chi connectivity index (χ3n) is 4.76. The minimum Gasteiger partial charge on any atom is -0.459 e. The van der Waals surface area contributed by atoms with Crippen molar-refractivity contribution in [2.75, 3.05) is 13.1 Å². The smallest absolute Gasteiger partial charge is 0.338 e. The first-order valence-electron chi connectivity index (χ1n) is 8.74. The molecule has 134 valence electrons. The molecule has 0 aromatic heterocycles. The molecule has 2 atom stereocenters. The van der Waals surface area contributed by atoms with E-state index in [-0.39, 0.29) is 24.5 Å². The van der Waals surface area contributed by atoms with E-state index in [1.165, 1.54) is 5.56 Å². The van der Waals surface area contributed by atoms with E-state index in [2.05, 4.69) is 29.2 Å². The fraction of sp³-hybridized carbons (Fsp3) is 0.381. The van der Waals surface area contributed by atoms with Gasteiger partial charge >= 0.3 is 5.97 Å². The Morgan fingerprint density at radius 1 is 1.12 bits per heavy atom. The van der Waals surface area contributed by atoms with Crippen molar-refractivity contribution >= 4 is 18.4 Å². The van der Waals surface area contributed by atoms with Gasteiger partial charge < -0.3 is 4.74 Å². The van der Waals surface area contributed by atoms with E-state index in [0.29, 0.717) is 11.5 Å². The number of rotatable bonds is 5. The minimum atomic E-state index is -0.219. The molecule has 1 saturated heterocycles. The van der Waals surface area contributed by atoms with Gasteiger partial charge in [0.05, 0.1) is 5.56 Å². The molecule has 1 aliphatic heterocycles. The van der Waals surface area contributed by atoms with Gasteiger partial charge in [0.2, 0.25) is 0 Å². The van der Waals surface area contributed by atoms with E-state index in [1.54, 1.807) is 12.1 Å². The molecule has 1 heterocycles. The van der Waals surface area contributed by atoms with Crippen LogP contribution < -0.4 is 0 Å². The van der Waals surface area contributed by atoms with Gasteiger partial charge in [0.25, 0.3) is 0 Å². The van der Waals surface area contributed by atoms with Gasteiger partial charge in [0, 0.05) is 19.0 Å². The van der Waals surface area contributed by atoms with Gasteiger partial charge in [-0.1, -0.05) is 48.5 Å². The maximum atomic E-state index is 12.2. The third kappa shape index (κ3) is 5.58. The van der Waals surface area contributed by atoms with Crippen LogP contribution >= 0.6 is 12.4 Å². The number of likely N-dealkylation sites (tertiary alicyclic amines) is 1. The molecule has 3 rings (SSSR count). The van der Waals surface area contributed by atoms with E-state index in [9.17, 15) is 4.79 Å². The normalized spacial score (nSPS) is 18.8. The van der Waals surface area contributed by atoms with E-state index in [4.69, 9.17) is 4.74 Å². The molecule has 0 spiro atoms. The van der Waals surface area contributed by atoms with E-state index < -0.39 is 0 Å². The number of carbonyl (C=O) groups is 1. The first-order chi connectivity index (χ1) is 11.7. The van der Waals surface area contributed by atoms with Crippen LogP contribution in [-0.2, 0) is 11.3 Å². The molecule has 25 heavy (non-hydrogen) atoms. The van der Waals surface area contributed by atoms with Gasteiger partial charge in [-0.05, 0) is 44.0 Å². The summed E-state index contributed by atoms with van der Waals surface area (Å²) in [5.74, 6) is 0.179. The number of ether oxygens (including phenoxy) is 1. The van der Waals surface area contributed by atoms with Crippen LogP contribution in [0.3, 0.4) is 0 Å². The number of carbonyl (C=O) groups excluding carboxylic acids is 1. The quantitative estimate of drug-likeness (QED) is 0.732. The van der Waals surface area contributed by atoms with Crippen molar-refractivity contribution in [3.8, 4) is 0 Å². The van der Waals surface area contributed by atoms with Crippen molar-refractivity contribution in [2.45, 2.75) is 32.4 Å². The summed E-state index contributed by atoms with van der Waals surface area (Å²) in [7, 11) is 0. The summed E-state index contributed by atoms with van der Waals surface area (Å²) in [4.78, 5) is 14.7. The Kier molecular flexibility index (Phi) is 7.48. The van der Waals surface area contributed by atoms with Crippen molar-refractivity contribution in [3.05, 3.63) is 71.8 Å². The lowest BCUT2D eigenvalue weighted by atomic mass is 9.93. The molecule has 4 heteroatoms. The highest BCUT2D eigenvalue weighted by molar-refractivity contribution is 5.89. The van der Waals surface area contributed by atoms with Crippen LogP contribution in [0.5, 0.6) is 0 Å². The van der Waals surface area contributed by atoms with E-state index in [1.807, 2.05) is 31.2 Å². The molecule has 1 aliphatic rings. The number of hydrogen-bond acceptors (Lipinski definition) is 3. The van der Waals surface area contributed by atoms with Crippen molar-refractivity contribution in [1.82, 2.24) is 4.90 Å². The Hall–Kier alpha value is -1.84. The molecule has 0 N–H and O–H groups in total. The molecule has 0 aliphatic carbocycles. The van der Waals surface area contributed by atoms with Crippen LogP contribution in [-0.4, -0.2) is 30.1 Å². The summed E-state index contributed by atoms with van der Waals surface area (Å²) in [6.07, 6.45) is 2.22. The Morgan fingerprint density at radius 3 is 2.44 bits per heavy atom. The second-order valence-corrected chi connectivity index (χ2v) is 6.60. The Bertz CT molecular complexity index is 647. The second kappa shape index (κ2) is 9.59. The van der Waals surface area contributed by atoms with Gasteiger partial charge in [-0.25, -0.2) is 4.79 Å². The average molecular weight is 360 g/mol. The van der Waals surface area contributed by atoms with Crippen LogP contribution in [0.25, 0.3) is 0 Å². The molecule has 0 radical (unpaired) electrons. The van der Waals surface area contributed by atoms with Crippen molar-refractivity contribution < 1.29 is 9.53 Å². The molecule has 0 bridgehead atoms. The minimum absolute atomic E-state index is 0. The highest BCUT2D eigenvalue weighted by Gasteiger charge is 2.27. The van der Waals surface area contributed by atoms with Crippen molar-refractivity contribution in [3.63, 3.8) is 0 Å². The molecule has 0 amide bonds. The number of esters is 1. The molecular weight excluding hydrogens is 334 g/mol. The first-order valence-corrected chi connectivity index (χ1v) is 8.74. The third-order valence-corrected chi connectivity index (χ3v) is 4.76. The summed E-state index contributed by atoms with van der Waals surface area (Å²) in [6, 6.07) is 19.8.